The minimum absolute atomic E-state index is 0.477. The molecule has 3 aromatic rings. The highest BCUT2D eigenvalue weighted by atomic mass is 16.5. The lowest BCUT2D eigenvalue weighted by atomic mass is 10.1. The normalized spacial score (nSPS) is 10.7. The molecule has 0 aliphatic carbocycles. The topological polar surface area (TPSA) is 50.8 Å². The van der Waals surface area contributed by atoms with Crippen molar-refractivity contribution in [1.29, 1.82) is 5.26 Å². The van der Waals surface area contributed by atoms with Gasteiger partial charge in [0, 0.05) is 13.7 Å². The van der Waals surface area contributed by atoms with E-state index in [-0.39, 0.29) is 0 Å². The van der Waals surface area contributed by atoms with Gasteiger partial charge in [0.15, 0.2) is 0 Å². The first-order valence-corrected chi connectivity index (χ1v) is 6.74. The Morgan fingerprint density at radius 3 is 2.62 bits per heavy atom. The van der Waals surface area contributed by atoms with Crippen LogP contribution in [-0.2, 0) is 17.9 Å². The van der Waals surface area contributed by atoms with Crippen molar-refractivity contribution >= 4 is 11.0 Å². The molecular weight excluding hydrogens is 262 g/mol. The van der Waals surface area contributed by atoms with Crippen LogP contribution in [0.3, 0.4) is 0 Å². The van der Waals surface area contributed by atoms with Crippen LogP contribution in [0.4, 0.5) is 0 Å². The van der Waals surface area contributed by atoms with Crippen LogP contribution in [0, 0.1) is 11.3 Å². The van der Waals surface area contributed by atoms with Crippen molar-refractivity contribution < 1.29 is 4.74 Å². The first-order chi connectivity index (χ1) is 10.3. The number of para-hydroxylation sites is 2. The highest BCUT2D eigenvalue weighted by Gasteiger charge is 2.10. The first kappa shape index (κ1) is 13.3. The van der Waals surface area contributed by atoms with Gasteiger partial charge in [0.25, 0.3) is 0 Å². The number of hydrogen-bond donors (Lipinski definition) is 0. The predicted molar refractivity (Wildman–Crippen MR) is 80.7 cm³/mol. The number of methoxy groups -OCH3 is 1. The molecule has 4 nitrogen and oxygen atoms in total. The van der Waals surface area contributed by atoms with Gasteiger partial charge in [-0.2, -0.15) is 5.26 Å². The lowest BCUT2D eigenvalue weighted by molar-refractivity contribution is 0.175. The number of aromatic nitrogens is 2. The van der Waals surface area contributed by atoms with Crippen LogP contribution in [0.2, 0.25) is 0 Å². The molecule has 4 heteroatoms. The highest BCUT2D eigenvalue weighted by Crippen LogP contribution is 2.18. The molecule has 21 heavy (non-hydrogen) atoms. The standard InChI is InChI=1S/C17H15N3O/c1-21-12-17-19-15-4-2-3-5-16(15)20(17)11-14-8-6-13(10-18)7-9-14/h2-9H,11-12H2,1H3. The fourth-order valence-electron chi connectivity index (χ4n) is 2.41. The van der Waals surface area contributed by atoms with Gasteiger partial charge in [0.1, 0.15) is 12.4 Å². The lowest BCUT2D eigenvalue weighted by Crippen LogP contribution is -2.06. The van der Waals surface area contributed by atoms with E-state index in [4.69, 9.17) is 10.00 Å². The smallest absolute Gasteiger partial charge is 0.136 e. The number of benzene rings is 2. The molecule has 0 atom stereocenters. The molecule has 0 spiro atoms. The highest BCUT2D eigenvalue weighted by molar-refractivity contribution is 5.76. The van der Waals surface area contributed by atoms with Gasteiger partial charge in [-0.3, -0.25) is 0 Å². The van der Waals surface area contributed by atoms with Gasteiger partial charge in [-0.15, -0.1) is 0 Å². The second-order valence-corrected chi connectivity index (χ2v) is 4.84. The van der Waals surface area contributed by atoms with Gasteiger partial charge >= 0.3 is 0 Å². The molecule has 0 unspecified atom stereocenters. The Hall–Kier alpha value is -2.64. The number of hydrogen-bond acceptors (Lipinski definition) is 3. The summed E-state index contributed by atoms with van der Waals surface area (Å²) in [6.07, 6.45) is 0. The summed E-state index contributed by atoms with van der Waals surface area (Å²) in [7, 11) is 1.67. The molecule has 0 saturated heterocycles. The zero-order valence-electron chi connectivity index (χ0n) is 11.8. The van der Waals surface area contributed by atoms with Crippen molar-refractivity contribution in [2.45, 2.75) is 13.2 Å². The molecule has 0 aliphatic rings. The second kappa shape index (κ2) is 5.78. The molecule has 0 fully saturated rings. The quantitative estimate of drug-likeness (QED) is 0.736. The van der Waals surface area contributed by atoms with E-state index in [1.54, 1.807) is 7.11 Å². The van der Waals surface area contributed by atoms with Gasteiger partial charge in [-0.25, -0.2) is 4.98 Å². The van der Waals surface area contributed by atoms with Crippen LogP contribution < -0.4 is 0 Å². The third kappa shape index (κ3) is 2.64. The fraction of sp³-hybridized carbons (Fsp3) is 0.176. The van der Waals surface area contributed by atoms with E-state index in [0.29, 0.717) is 18.7 Å². The molecule has 104 valence electrons. The Kier molecular flexibility index (Phi) is 3.67. The largest absolute Gasteiger partial charge is 0.377 e. The molecule has 0 radical (unpaired) electrons. The number of rotatable bonds is 4. The van der Waals surface area contributed by atoms with Crippen LogP contribution in [0.5, 0.6) is 0 Å². The zero-order chi connectivity index (χ0) is 14.7. The molecule has 0 saturated carbocycles. The Morgan fingerprint density at radius 2 is 1.90 bits per heavy atom. The summed E-state index contributed by atoms with van der Waals surface area (Å²) in [6, 6.07) is 17.8. The van der Waals surface area contributed by atoms with Crippen LogP contribution in [-0.4, -0.2) is 16.7 Å². The summed E-state index contributed by atoms with van der Waals surface area (Å²) in [6.45, 7) is 1.19. The summed E-state index contributed by atoms with van der Waals surface area (Å²) >= 11 is 0. The van der Waals surface area contributed by atoms with E-state index < -0.39 is 0 Å². The molecule has 2 aromatic carbocycles. The van der Waals surface area contributed by atoms with Crippen LogP contribution in [0.25, 0.3) is 11.0 Å². The van der Waals surface area contributed by atoms with E-state index in [0.717, 1.165) is 22.4 Å². The molecule has 0 amide bonds. The van der Waals surface area contributed by atoms with Crippen molar-refractivity contribution in [3.05, 3.63) is 65.5 Å². The maximum Gasteiger partial charge on any atom is 0.136 e. The second-order valence-electron chi connectivity index (χ2n) is 4.84. The minimum atomic E-state index is 0.477. The van der Waals surface area contributed by atoms with Gasteiger partial charge < -0.3 is 9.30 Å². The van der Waals surface area contributed by atoms with Gasteiger partial charge in [0.2, 0.25) is 0 Å². The first-order valence-electron chi connectivity index (χ1n) is 6.74. The Morgan fingerprint density at radius 1 is 1.14 bits per heavy atom. The molecule has 0 N–H and O–H groups in total. The minimum Gasteiger partial charge on any atom is -0.377 e. The Balaban J connectivity index is 2.01. The van der Waals surface area contributed by atoms with Crippen LogP contribution >= 0.6 is 0 Å². The van der Waals surface area contributed by atoms with Crippen molar-refractivity contribution in [3.63, 3.8) is 0 Å². The Bertz CT molecular complexity index is 797. The van der Waals surface area contributed by atoms with E-state index in [1.807, 2.05) is 42.5 Å². The number of fused-ring (bicyclic) bond motifs is 1. The number of nitrogens with zero attached hydrogens (tertiary/aromatic N) is 3. The van der Waals surface area contributed by atoms with Crippen LogP contribution in [0.15, 0.2) is 48.5 Å². The lowest BCUT2D eigenvalue weighted by Gasteiger charge is -2.09. The SMILES string of the molecule is COCc1nc2ccccc2n1Cc1ccc(C#N)cc1. The van der Waals surface area contributed by atoms with Crippen molar-refractivity contribution in [2.75, 3.05) is 7.11 Å². The molecular formula is C17H15N3O. The number of nitriles is 1. The zero-order valence-corrected chi connectivity index (χ0v) is 11.8. The average molecular weight is 277 g/mol. The summed E-state index contributed by atoms with van der Waals surface area (Å²) in [5, 5.41) is 8.86. The van der Waals surface area contributed by atoms with E-state index in [9.17, 15) is 0 Å². The summed E-state index contributed by atoms with van der Waals surface area (Å²) < 4.78 is 7.40. The van der Waals surface area contributed by atoms with Crippen molar-refractivity contribution in [1.82, 2.24) is 9.55 Å². The van der Waals surface area contributed by atoms with Crippen molar-refractivity contribution in [3.8, 4) is 6.07 Å². The Labute approximate surface area is 123 Å². The van der Waals surface area contributed by atoms with Gasteiger partial charge in [0.05, 0.1) is 22.7 Å². The molecule has 1 heterocycles. The number of imidazole rings is 1. The molecule has 0 bridgehead atoms. The maximum absolute atomic E-state index is 8.86. The predicted octanol–water partition coefficient (Wildman–Crippen LogP) is 3.10. The third-order valence-corrected chi connectivity index (χ3v) is 3.43. The maximum atomic E-state index is 8.86. The fourth-order valence-corrected chi connectivity index (χ4v) is 2.41. The third-order valence-electron chi connectivity index (χ3n) is 3.43. The molecule has 1 aromatic heterocycles. The summed E-state index contributed by atoms with van der Waals surface area (Å²) in [5.41, 5.74) is 3.87. The van der Waals surface area contributed by atoms with E-state index in [2.05, 4.69) is 21.7 Å². The summed E-state index contributed by atoms with van der Waals surface area (Å²) in [5.74, 6) is 0.906. The molecule has 3 rings (SSSR count). The molecule has 0 aliphatic heterocycles. The monoisotopic (exact) mass is 277 g/mol. The van der Waals surface area contributed by atoms with E-state index in [1.165, 1.54) is 0 Å². The average Bonchev–Trinajstić information content (AvgIpc) is 2.86. The summed E-state index contributed by atoms with van der Waals surface area (Å²) in [4.78, 5) is 4.62. The van der Waals surface area contributed by atoms with Crippen molar-refractivity contribution in [2.24, 2.45) is 0 Å². The van der Waals surface area contributed by atoms with E-state index >= 15 is 0 Å². The van der Waals surface area contributed by atoms with Crippen LogP contribution in [0.1, 0.15) is 17.0 Å². The van der Waals surface area contributed by atoms with Gasteiger partial charge in [-0.1, -0.05) is 24.3 Å². The number of ether oxygens (including phenoxy) is 1. The van der Waals surface area contributed by atoms with Gasteiger partial charge in [-0.05, 0) is 29.8 Å².